The van der Waals surface area contributed by atoms with Gasteiger partial charge in [-0.3, -0.25) is 19.3 Å². The Morgan fingerprint density at radius 2 is 1.92 bits per heavy atom. The van der Waals surface area contributed by atoms with E-state index in [1.54, 1.807) is 20.0 Å². The second-order valence-electron chi connectivity index (χ2n) is 8.52. The number of hydrogen-bond acceptors (Lipinski definition) is 8. The first-order valence-electron chi connectivity index (χ1n) is 11.3. The van der Waals surface area contributed by atoms with Gasteiger partial charge in [-0.05, 0) is 43.5 Å². The van der Waals surface area contributed by atoms with E-state index in [2.05, 4.69) is 24.8 Å². The minimum absolute atomic E-state index is 0.0353. The number of aromatic nitrogens is 5. The summed E-state index contributed by atoms with van der Waals surface area (Å²) < 4.78 is 35.7. The van der Waals surface area contributed by atoms with E-state index in [9.17, 15) is 18.0 Å². The Labute approximate surface area is 207 Å². The normalized spacial score (nSPS) is 11.7. The van der Waals surface area contributed by atoms with Crippen molar-refractivity contribution in [2.24, 2.45) is 13.0 Å². The fraction of sp³-hybridized carbons (Fsp3) is 0.292. The highest BCUT2D eigenvalue weighted by Gasteiger charge is 2.27. The molecule has 4 rings (SSSR count). The number of aryl methyl sites for hydroxylation is 1. The second kappa shape index (κ2) is 9.90. The summed E-state index contributed by atoms with van der Waals surface area (Å²) >= 11 is 0. The van der Waals surface area contributed by atoms with E-state index in [1.165, 1.54) is 41.3 Å². The first-order valence-corrected chi connectivity index (χ1v) is 12.8. The average molecular weight is 511 g/mol. The standard InChI is InChI=1S/C24H26N6O5S/c1-5-35-21-16(22-26-19-17(13-14(2)3)28-30(4)20(19)24(32)27-22)7-6-8-18(21)36(33,34)29-23(31)15-9-11-25-12-10-15/h6-12,14H,5,13H2,1-4H3,(H,29,31)(H,26,27,32). The summed E-state index contributed by atoms with van der Waals surface area (Å²) in [5.41, 5.74) is 1.40. The van der Waals surface area contributed by atoms with Gasteiger partial charge >= 0.3 is 0 Å². The fourth-order valence-corrected chi connectivity index (χ4v) is 4.99. The van der Waals surface area contributed by atoms with Gasteiger partial charge in [-0.1, -0.05) is 19.9 Å². The number of aromatic amines is 1. The first-order chi connectivity index (χ1) is 17.1. The lowest BCUT2D eigenvalue weighted by atomic mass is 10.1. The van der Waals surface area contributed by atoms with Crippen molar-refractivity contribution in [2.45, 2.75) is 32.1 Å². The Morgan fingerprint density at radius 3 is 2.58 bits per heavy atom. The van der Waals surface area contributed by atoms with Crippen LogP contribution in [0.2, 0.25) is 0 Å². The van der Waals surface area contributed by atoms with Crippen LogP contribution >= 0.6 is 0 Å². The number of carbonyl (C=O) groups excluding carboxylic acids is 1. The summed E-state index contributed by atoms with van der Waals surface area (Å²) in [6, 6.07) is 7.21. The number of hydrogen-bond donors (Lipinski definition) is 2. The van der Waals surface area contributed by atoms with Crippen molar-refractivity contribution in [3.05, 3.63) is 64.3 Å². The summed E-state index contributed by atoms with van der Waals surface area (Å²) in [5.74, 6) is -0.436. The molecule has 0 aliphatic carbocycles. The van der Waals surface area contributed by atoms with E-state index in [0.29, 0.717) is 23.1 Å². The lowest BCUT2D eigenvalue weighted by Gasteiger charge is -2.15. The third-order valence-electron chi connectivity index (χ3n) is 5.35. The number of benzene rings is 1. The van der Waals surface area contributed by atoms with Crippen LogP contribution in [0.1, 0.15) is 36.8 Å². The number of fused-ring (bicyclic) bond motifs is 1. The quantitative estimate of drug-likeness (QED) is 0.367. The number of nitrogens with zero attached hydrogens (tertiary/aromatic N) is 4. The second-order valence-corrected chi connectivity index (χ2v) is 10.2. The molecule has 0 radical (unpaired) electrons. The van der Waals surface area contributed by atoms with E-state index in [-0.39, 0.29) is 40.1 Å². The molecule has 0 unspecified atom stereocenters. The highest BCUT2D eigenvalue weighted by Crippen LogP contribution is 2.34. The molecule has 12 heteroatoms. The largest absolute Gasteiger partial charge is 0.492 e. The third kappa shape index (κ3) is 4.85. The topological polar surface area (TPSA) is 149 Å². The van der Waals surface area contributed by atoms with Gasteiger partial charge in [0, 0.05) is 25.0 Å². The lowest BCUT2D eigenvalue weighted by Crippen LogP contribution is -2.31. The number of rotatable bonds is 8. The molecular weight excluding hydrogens is 484 g/mol. The number of H-pyrrole nitrogens is 1. The highest BCUT2D eigenvalue weighted by molar-refractivity contribution is 7.90. The Kier molecular flexibility index (Phi) is 6.88. The SMILES string of the molecule is CCOc1c(-c2nc3c(CC(C)C)nn(C)c3c(=O)[nH]2)cccc1S(=O)(=O)NC(=O)c1ccncc1. The maximum absolute atomic E-state index is 13.2. The van der Waals surface area contributed by atoms with E-state index >= 15 is 0 Å². The molecule has 0 saturated heterocycles. The number of para-hydroxylation sites is 1. The summed E-state index contributed by atoms with van der Waals surface area (Å²) in [6.45, 7) is 5.91. The maximum atomic E-state index is 13.2. The van der Waals surface area contributed by atoms with Crippen LogP contribution in [0, 0.1) is 5.92 Å². The summed E-state index contributed by atoms with van der Waals surface area (Å²) in [6.07, 6.45) is 3.39. The molecule has 36 heavy (non-hydrogen) atoms. The van der Waals surface area contributed by atoms with Crippen molar-refractivity contribution in [3.63, 3.8) is 0 Å². The minimum atomic E-state index is -4.34. The molecule has 11 nitrogen and oxygen atoms in total. The third-order valence-corrected chi connectivity index (χ3v) is 6.70. The van der Waals surface area contributed by atoms with Gasteiger partial charge in [-0.2, -0.15) is 5.10 Å². The van der Waals surface area contributed by atoms with Crippen LogP contribution in [-0.2, 0) is 23.5 Å². The van der Waals surface area contributed by atoms with Crippen molar-refractivity contribution in [2.75, 3.05) is 6.61 Å². The molecule has 3 heterocycles. The van der Waals surface area contributed by atoms with E-state index in [0.717, 1.165) is 0 Å². The van der Waals surface area contributed by atoms with Gasteiger partial charge in [0.25, 0.3) is 21.5 Å². The molecule has 0 aliphatic rings. The lowest BCUT2D eigenvalue weighted by molar-refractivity contribution is 0.0981. The molecule has 4 aromatic rings. The Balaban J connectivity index is 1.85. The number of ether oxygens (including phenoxy) is 1. The van der Waals surface area contributed by atoms with Crippen LogP contribution in [0.15, 0.2) is 52.4 Å². The summed E-state index contributed by atoms with van der Waals surface area (Å²) in [7, 11) is -2.67. The van der Waals surface area contributed by atoms with Crippen LogP contribution in [0.3, 0.4) is 0 Å². The van der Waals surface area contributed by atoms with E-state index in [4.69, 9.17) is 4.74 Å². The van der Waals surface area contributed by atoms with Crippen molar-refractivity contribution < 1.29 is 17.9 Å². The molecule has 3 aromatic heterocycles. The van der Waals surface area contributed by atoms with E-state index < -0.39 is 21.5 Å². The van der Waals surface area contributed by atoms with Gasteiger partial charge in [0.2, 0.25) is 0 Å². The van der Waals surface area contributed by atoms with Crippen LogP contribution in [0.5, 0.6) is 5.75 Å². The molecule has 0 saturated carbocycles. The van der Waals surface area contributed by atoms with Gasteiger partial charge in [-0.25, -0.2) is 18.1 Å². The highest BCUT2D eigenvalue weighted by atomic mass is 32.2. The average Bonchev–Trinajstić information content (AvgIpc) is 3.14. The minimum Gasteiger partial charge on any atom is -0.492 e. The summed E-state index contributed by atoms with van der Waals surface area (Å²) in [5, 5.41) is 4.46. The number of carbonyl (C=O) groups is 1. The van der Waals surface area contributed by atoms with Gasteiger partial charge in [0.1, 0.15) is 16.2 Å². The summed E-state index contributed by atoms with van der Waals surface area (Å²) in [4.78, 5) is 36.4. The number of amides is 1. The predicted molar refractivity (Wildman–Crippen MR) is 133 cm³/mol. The molecule has 0 aliphatic heterocycles. The number of nitrogens with one attached hydrogen (secondary N) is 2. The molecule has 0 bridgehead atoms. The molecule has 2 N–H and O–H groups in total. The number of pyridine rings is 1. The zero-order valence-corrected chi connectivity index (χ0v) is 21.1. The number of sulfonamides is 1. The molecular formula is C24H26N6O5S. The predicted octanol–water partition coefficient (Wildman–Crippen LogP) is 2.43. The van der Waals surface area contributed by atoms with Crippen molar-refractivity contribution in [1.29, 1.82) is 0 Å². The van der Waals surface area contributed by atoms with Crippen molar-refractivity contribution in [3.8, 4) is 17.1 Å². The zero-order valence-electron chi connectivity index (χ0n) is 20.3. The van der Waals surface area contributed by atoms with Gasteiger partial charge < -0.3 is 9.72 Å². The van der Waals surface area contributed by atoms with Gasteiger partial charge in [-0.15, -0.1) is 0 Å². The maximum Gasteiger partial charge on any atom is 0.277 e. The van der Waals surface area contributed by atoms with Crippen molar-refractivity contribution in [1.82, 2.24) is 29.5 Å². The Morgan fingerprint density at radius 1 is 1.19 bits per heavy atom. The molecule has 1 aromatic carbocycles. The first kappa shape index (κ1) is 25.0. The van der Waals surface area contributed by atoms with Crippen LogP contribution in [-0.4, -0.2) is 45.7 Å². The fourth-order valence-electron chi connectivity index (χ4n) is 3.84. The monoisotopic (exact) mass is 510 g/mol. The van der Waals surface area contributed by atoms with Gasteiger partial charge in [0.05, 0.1) is 17.9 Å². The van der Waals surface area contributed by atoms with Crippen LogP contribution < -0.4 is 15.0 Å². The Bertz CT molecular complexity index is 1590. The molecule has 0 spiro atoms. The molecule has 0 atom stereocenters. The van der Waals surface area contributed by atoms with Crippen molar-refractivity contribution >= 4 is 27.0 Å². The van der Waals surface area contributed by atoms with E-state index in [1.807, 2.05) is 13.8 Å². The Hall–Kier alpha value is -4.06. The smallest absolute Gasteiger partial charge is 0.277 e. The van der Waals surface area contributed by atoms with Gasteiger partial charge in [0.15, 0.2) is 11.3 Å². The molecule has 1 amide bonds. The molecule has 188 valence electrons. The van der Waals surface area contributed by atoms with Crippen LogP contribution in [0.4, 0.5) is 0 Å². The zero-order chi connectivity index (χ0) is 26.0. The van der Waals surface area contributed by atoms with Crippen LogP contribution in [0.25, 0.3) is 22.4 Å². The molecule has 0 fully saturated rings.